The van der Waals surface area contributed by atoms with Crippen LogP contribution in [0.5, 0.6) is 0 Å². The van der Waals surface area contributed by atoms with Gasteiger partial charge in [-0.3, -0.25) is 0 Å². The van der Waals surface area contributed by atoms with E-state index in [1.165, 1.54) is 0 Å². The fraction of sp³-hybridized carbons (Fsp3) is 0.0714. The van der Waals surface area contributed by atoms with Crippen LogP contribution in [-0.2, 0) is 6.54 Å². The van der Waals surface area contributed by atoms with E-state index in [2.05, 4.69) is 11.4 Å². The number of anilines is 2. The van der Waals surface area contributed by atoms with Gasteiger partial charge in [-0.05, 0) is 29.8 Å². The molecule has 0 aromatic heterocycles. The summed E-state index contributed by atoms with van der Waals surface area (Å²) < 4.78 is 0. The fourth-order valence-corrected chi connectivity index (χ4v) is 1.81. The molecule has 0 aliphatic heterocycles. The molecule has 0 spiro atoms. The molecule has 0 atom stereocenters. The maximum absolute atomic E-state index is 8.84. The molecule has 90 valence electrons. The Bertz CT molecular complexity index is 602. The monoisotopic (exact) mass is 257 g/mol. The van der Waals surface area contributed by atoms with E-state index in [9.17, 15) is 0 Å². The summed E-state index contributed by atoms with van der Waals surface area (Å²) in [5.74, 6) is 0. The van der Waals surface area contributed by atoms with Crippen molar-refractivity contribution in [2.75, 3.05) is 11.1 Å². The lowest BCUT2D eigenvalue weighted by Gasteiger charge is -2.10. The number of nitrogens with zero attached hydrogens (tertiary/aromatic N) is 1. The van der Waals surface area contributed by atoms with Gasteiger partial charge in [-0.15, -0.1) is 0 Å². The molecule has 0 heterocycles. The molecule has 0 fully saturated rings. The third kappa shape index (κ3) is 2.73. The number of hydrogen-bond acceptors (Lipinski definition) is 3. The van der Waals surface area contributed by atoms with Gasteiger partial charge in [0.15, 0.2) is 0 Å². The van der Waals surface area contributed by atoms with Crippen molar-refractivity contribution >= 4 is 23.0 Å². The molecule has 0 aliphatic rings. The van der Waals surface area contributed by atoms with Crippen LogP contribution in [0.15, 0.2) is 42.5 Å². The Kier molecular flexibility index (Phi) is 3.71. The highest BCUT2D eigenvalue weighted by molar-refractivity contribution is 6.31. The summed E-state index contributed by atoms with van der Waals surface area (Å²) >= 11 is 6.07. The van der Waals surface area contributed by atoms with Crippen LogP contribution in [0.4, 0.5) is 11.4 Å². The molecule has 0 aliphatic carbocycles. The van der Waals surface area contributed by atoms with Crippen LogP contribution in [-0.4, -0.2) is 0 Å². The number of nitriles is 1. The number of rotatable bonds is 3. The molecular formula is C14H12ClN3. The Morgan fingerprint density at radius 3 is 2.72 bits per heavy atom. The van der Waals surface area contributed by atoms with Gasteiger partial charge in [-0.1, -0.05) is 29.8 Å². The number of hydrogen-bond donors (Lipinski definition) is 2. The number of nitrogens with two attached hydrogens (primary N) is 1. The lowest BCUT2D eigenvalue weighted by Crippen LogP contribution is -2.03. The summed E-state index contributed by atoms with van der Waals surface area (Å²) in [6.45, 7) is 0.568. The molecule has 4 heteroatoms. The molecule has 18 heavy (non-hydrogen) atoms. The summed E-state index contributed by atoms with van der Waals surface area (Å²) in [4.78, 5) is 0. The lowest BCUT2D eigenvalue weighted by molar-refractivity contribution is 1.15. The molecule has 0 amide bonds. The first kappa shape index (κ1) is 12.3. The predicted octanol–water partition coefficient (Wildman–Crippen LogP) is 3.41. The number of halogens is 1. The van der Waals surface area contributed by atoms with Crippen molar-refractivity contribution in [2.24, 2.45) is 0 Å². The molecule has 0 saturated carbocycles. The highest BCUT2D eigenvalue weighted by atomic mass is 35.5. The van der Waals surface area contributed by atoms with Crippen molar-refractivity contribution in [3.63, 3.8) is 0 Å². The molecule has 0 radical (unpaired) electrons. The molecule has 2 aromatic rings. The smallest absolute Gasteiger partial charge is 0.0992 e. The standard InChI is InChI=1S/C14H12ClN3/c15-12-4-2-1-3-11(12)9-18-14-7-10(8-16)5-6-13(14)17/h1-7,18H,9,17H2. The van der Waals surface area contributed by atoms with Crippen LogP contribution < -0.4 is 11.1 Å². The molecule has 0 unspecified atom stereocenters. The zero-order chi connectivity index (χ0) is 13.0. The van der Waals surface area contributed by atoms with Crippen LogP contribution in [0.1, 0.15) is 11.1 Å². The van der Waals surface area contributed by atoms with E-state index < -0.39 is 0 Å². The Hall–Kier alpha value is -2.18. The topological polar surface area (TPSA) is 61.8 Å². The summed E-state index contributed by atoms with van der Waals surface area (Å²) in [5.41, 5.74) is 8.76. The number of nitrogen functional groups attached to an aromatic ring is 1. The Labute approximate surface area is 111 Å². The molecule has 3 nitrogen and oxygen atoms in total. The summed E-state index contributed by atoms with van der Waals surface area (Å²) in [5, 5.41) is 12.7. The van der Waals surface area contributed by atoms with Gasteiger partial charge in [0.1, 0.15) is 0 Å². The van der Waals surface area contributed by atoms with E-state index >= 15 is 0 Å². The van der Waals surface area contributed by atoms with Crippen molar-refractivity contribution in [3.8, 4) is 6.07 Å². The zero-order valence-corrected chi connectivity index (χ0v) is 10.4. The molecule has 3 N–H and O–H groups in total. The van der Waals surface area contributed by atoms with E-state index in [4.69, 9.17) is 22.6 Å². The quantitative estimate of drug-likeness (QED) is 0.829. The van der Waals surface area contributed by atoms with E-state index in [1.54, 1.807) is 18.2 Å². The average molecular weight is 258 g/mol. The zero-order valence-electron chi connectivity index (χ0n) is 9.65. The fourth-order valence-electron chi connectivity index (χ4n) is 1.61. The third-order valence-corrected chi connectivity index (χ3v) is 2.98. The largest absolute Gasteiger partial charge is 0.397 e. The second-order valence-electron chi connectivity index (χ2n) is 3.86. The minimum atomic E-state index is 0.568. The summed E-state index contributed by atoms with van der Waals surface area (Å²) in [6, 6.07) is 14.8. The SMILES string of the molecule is N#Cc1ccc(N)c(NCc2ccccc2Cl)c1. The van der Waals surface area contributed by atoms with Gasteiger partial charge in [0, 0.05) is 11.6 Å². The van der Waals surface area contributed by atoms with Crippen LogP contribution in [0.25, 0.3) is 0 Å². The van der Waals surface area contributed by atoms with Gasteiger partial charge in [-0.2, -0.15) is 5.26 Å². The first-order chi connectivity index (χ1) is 8.70. The first-order valence-corrected chi connectivity index (χ1v) is 5.85. The van der Waals surface area contributed by atoms with Gasteiger partial charge in [0.2, 0.25) is 0 Å². The van der Waals surface area contributed by atoms with Crippen LogP contribution in [0.3, 0.4) is 0 Å². The molecule has 2 aromatic carbocycles. The second kappa shape index (κ2) is 5.44. The number of nitrogens with one attached hydrogen (secondary N) is 1. The van der Waals surface area contributed by atoms with E-state index in [0.29, 0.717) is 22.8 Å². The first-order valence-electron chi connectivity index (χ1n) is 5.47. The Morgan fingerprint density at radius 2 is 2.00 bits per heavy atom. The predicted molar refractivity (Wildman–Crippen MR) is 74.3 cm³/mol. The highest BCUT2D eigenvalue weighted by Gasteiger charge is 2.02. The Morgan fingerprint density at radius 1 is 1.22 bits per heavy atom. The van der Waals surface area contributed by atoms with Crippen LogP contribution in [0, 0.1) is 11.3 Å². The summed E-state index contributed by atoms with van der Waals surface area (Å²) in [6.07, 6.45) is 0. The van der Waals surface area contributed by atoms with Crippen LogP contribution in [0.2, 0.25) is 5.02 Å². The minimum Gasteiger partial charge on any atom is -0.397 e. The van der Waals surface area contributed by atoms with Gasteiger partial charge < -0.3 is 11.1 Å². The van der Waals surface area contributed by atoms with Crippen molar-refractivity contribution in [1.82, 2.24) is 0 Å². The van der Waals surface area contributed by atoms with Crippen molar-refractivity contribution < 1.29 is 0 Å². The Balaban J connectivity index is 2.16. The maximum atomic E-state index is 8.84. The average Bonchev–Trinajstić information content (AvgIpc) is 2.39. The molecular weight excluding hydrogens is 246 g/mol. The third-order valence-electron chi connectivity index (χ3n) is 2.61. The van der Waals surface area contributed by atoms with E-state index in [-0.39, 0.29) is 0 Å². The molecule has 0 bridgehead atoms. The van der Waals surface area contributed by atoms with Crippen molar-refractivity contribution in [1.29, 1.82) is 5.26 Å². The van der Waals surface area contributed by atoms with Gasteiger partial charge in [-0.25, -0.2) is 0 Å². The van der Waals surface area contributed by atoms with Gasteiger partial charge in [0.05, 0.1) is 23.0 Å². The van der Waals surface area contributed by atoms with Crippen LogP contribution >= 0.6 is 11.6 Å². The number of benzene rings is 2. The van der Waals surface area contributed by atoms with E-state index in [1.807, 2.05) is 24.3 Å². The van der Waals surface area contributed by atoms with Gasteiger partial charge >= 0.3 is 0 Å². The molecule has 2 rings (SSSR count). The van der Waals surface area contributed by atoms with Crippen molar-refractivity contribution in [2.45, 2.75) is 6.54 Å². The summed E-state index contributed by atoms with van der Waals surface area (Å²) in [7, 11) is 0. The molecule has 0 saturated heterocycles. The normalized spacial score (nSPS) is 9.78. The maximum Gasteiger partial charge on any atom is 0.0992 e. The van der Waals surface area contributed by atoms with Crippen molar-refractivity contribution in [3.05, 3.63) is 58.6 Å². The van der Waals surface area contributed by atoms with Gasteiger partial charge in [0.25, 0.3) is 0 Å². The van der Waals surface area contributed by atoms with E-state index in [0.717, 1.165) is 11.3 Å². The highest BCUT2D eigenvalue weighted by Crippen LogP contribution is 2.22. The second-order valence-corrected chi connectivity index (χ2v) is 4.27. The lowest BCUT2D eigenvalue weighted by atomic mass is 10.1. The minimum absolute atomic E-state index is 0.568.